The molecule has 1 saturated carbocycles. The molecule has 0 bridgehead atoms. The summed E-state index contributed by atoms with van der Waals surface area (Å²) in [6.07, 6.45) is 2.76. The SMILES string of the molecule is CN1C(=O)C(NC(=S)NCC2CCCCC2O)N=C(c2ccccc2)c2cc(Cl)ccc21. The highest BCUT2D eigenvalue weighted by Crippen LogP contribution is 2.30. The Balaban J connectivity index is 1.59. The van der Waals surface area contributed by atoms with Gasteiger partial charge < -0.3 is 20.6 Å². The molecule has 0 saturated heterocycles. The number of anilines is 1. The number of fused-ring (bicyclic) bond motifs is 1. The fourth-order valence-electron chi connectivity index (χ4n) is 4.29. The quantitative estimate of drug-likeness (QED) is 0.596. The van der Waals surface area contributed by atoms with Crippen molar-refractivity contribution in [3.8, 4) is 0 Å². The second-order valence-electron chi connectivity index (χ2n) is 8.27. The van der Waals surface area contributed by atoms with Gasteiger partial charge in [0.1, 0.15) is 0 Å². The van der Waals surface area contributed by atoms with Crippen molar-refractivity contribution in [2.75, 3.05) is 18.5 Å². The molecule has 2 aromatic carbocycles. The lowest BCUT2D eigenvalue weighted by Crippen LogP contribution is -2.50. The average molecular weight is 471 g/mol. The molecule has 2 aromatic rings. The molecule has 6 nitrogen and oxygen atoms in total. The average Bonchev–Trinajstić information content (AvgIpc) is 2.89. The van der Waals surface area contributed by atoms with Crippen molar-refractivity contribution in [2.45, 2.75) is 38.0 Å². The first-order valence-corrected chi connectivity index (χ1v) is 11.7. The predicted molar refractivity (Wildman–Crippen MR) is 132 cm³/mol. The maximum Gasteiger partial charge on any atom is 0.272 e. The predicted octanol–water partition coefficient (Wildman–Crippen LogP) is 3.50. The van der Waals surface area contributed by atoms with E-state index in [0.29, 0.717) is 22.4 Å². The summed E-state index contributed by atoms with van der Waals surface area (Å²) in [5, 5.41) is 17.4. The molecule has 168 valence electrons. The maximum absolute atomic E-state index is 13.3. The van der Waals surface area contributed by atoms with Gasteiger partial charge in [-0.3, -0.25) is 4.79 Å². The van der Waals surface area contributed by atoms with Crippen LogP contribution in [0.4, 0.5) is 5.69 Å². The molecule has 0 aromatic heterocycles. The van der Waals surface area contributed by atoms with Crippen LogP contribution in [-0.4, -0.2) is 47.7 Å². The molecule has 2 aliphatic rings. The van der Waals surface area contributed by atoms with Crippen LogP contribution in [0.2, 0.25) is 5.02 Å². The third-order valence-corrected chi connectivity index (χ3v) is 6.60. The summed E-state index contributed by atoms with van der Waals surface area (Å²) in [7, 11) is 1.72. The number of hydrogen-bond acceptors (Lipinski definition) is 4. The van der Waals surface area contributed by atoms with Crippen LogP contribution >= 0.6 is 23.8 Å². The summed E-state index contributed by atoms with van der Waals surface area (Å²) in [6.45, 7) is 0.564. The second-order valence-corrected chi connectivity index (χ2v) is 9.12. The second kappa shape index (κ2) is 9.98. The Hall–Kier alpha value is -2.48. The van der Waals surface area contributed by atoms with Gasteiger partial charge in [0, 0.05) is 35.7 Å². The van der Waals surface area contributed by atoms with Crippen LogP contribution in [0, 0.1) is 5.92 Å². The van der Waals surface area contributed by atoms with Crippen LogP contribution in [0.3, 0.4) is 0 Å². The first-order valence-electron chi connectivity index (χ1n) is 10.9. The van der Waals surface area contributed by atoms with Gasteiger partial charge in [0.05, 0.1) is 17.5 Å². The summed E-state index contributed by atoms with van der Waals surface area (Å²) in [5.74, 6) is -0.0628. The van der Waals surface area contributed by atoms with E-state index in [9.17, 15) is 9.90 Å². The molecule has 3 unspecified atom stereocenters. The van der Waals surface area contributed by atoms with Gasteiger partial charge in [-0.15, -0.1) is 0 Å². The van der Waals surface area contributed by atoms with E-state index in [-0.39, 0.29) is 17.9 Å². The highest BCUT2D eigenvalue weighted by Gasteiger charge is 2.31. The number of nitrogens with zero attached hydrogens (tertiary/aromatic N) is 2. The third-order valence-electron chi connectivity index (χ3n) is 6.11. The van der Waals surface area contributed by atoms with Crippen LogP contribution in [0.25, 0.3) is 0 Å². The minimum Gasteiger partial charge on any atom is -0.393 e. The molecule has 1 heterocycles. The number of aliphatic hydroxyl groups is 1. The van der Waals surface area contributed by atoms with Gasteiger partial charge in [-0.1, -0.05) is 54.8 Å². The number of carbonyl (C=O) groups is 1. The first-order chi connectivity index (χ1) is 15.4. The number of rotatable bonds is 4. The topological polar surface area (TPSA) is 77.0 Å². The Kier molecular flexibility index (Phi) is 7.08. The standard InChI is InChI=1S/C24H27ClN4O2S/c1-29-19-12-11-17(25)13-18(19)21(15-7-3-2-4-8-15)27-22(23(29)31)28-24(32)26-14-16-9-5-6-10-20(16)30/h2-4,7-8,11-13,16,20,22,30H,5-6,9-10,14H2,1H3,(H2,26,28,32). The van der Waals surface area contributed by atoms with E-state index in [0.717, 1.165) is 42.5 Å². The fraction of sp³-hybridized carbons (Fsp3) is 0.375. The Bertz CT molecular complexity index is 1030. The van der Waals surface area contributed by atoms with Crippen molar-refractivity contribution in [3.63, 3.8) is 0 Å². The Morgan fingerprint density at radius 1 is 1.22 bits per heavy atom. The van der Waals surface area contributed by atoms with E-state index in [1.165, 1.54) is 0 Å². The van der Waals surface area contributed by atoms with E-state index in [2.05, 4.69) is 10.6 Å². The van der Waals surface area contributed by atoms with Gasteiger partial charge in [-0.2, -0.15) is 0 Å². The fourth-order valence-corrected chi connectivity index (χ4v) is 4.66. The smallest absolute Gasteiger partial charge is 0.272 e. The normalized spacial score (nSPS) is 23.1. The van der Waals surface area contributed by atoms with E-state index < -0.39 is 6.17 Å². The lowest BCUT2D eigenvalue weighted by molar-refractivity contribution is -0.119. The van der Waals surface area contributed by atoms with Crippen LogP contribution < -0.4 is 15.5 Å². The molecule has 1 aliphatic heterocycles. The molecule has 0 spiro atoms. The highest BCUT2D eigenvalue weighted by atomic mass is 35.5. The molecule has 0 radical (unpaired) electrons. The van der Waals surface area contributed by atoms with Gasteiger partial charge in [0.25, 0.3) is 5.91 Å². The number of amides is 1. The molecule has 4 rings (SSSR count). The molecule has 8 heteroatoms. The van der Waals surface area contributed by atoms with Gasteiger partial charge in [-0.05, 0) is 43.3 Å². The molecule has 3 N–H and O–H groups in total. The molecule has 1 aliphatic carbocycles. The van der Waals surface area contributed by atoms with Crippen molar-refractivity contribution < 1.29 is 9.90 Å². The Morgan fingerprint density at radius 2 is 1.97 bits per heavy atom. The maximum atomic E-state index is 13.3. The summed E-state index contributed by atoms with van der Waals surface area (Å²) < 4.78 is 0. The van der Waals surface area contributed by atoms with Crippen LogP contribution in [0.1, 0.15) is 36.8 Å². The van der Waals surface area contributed by atoms with Gasteiger partial charge in [0.2, 0.25) is 6.17 Å². The zero-order chi connectivity index (χ0) is 22.7. The number of carbonyl (C=O) groups excluding carboxylic acids is 1. The van der Waals surface area contributed by atoms with Gasteiger partial charge in [-0.25, -0.2) is 4.99 Å². The number of benzene rings is 2. The summed E-state index contributed by atoms with van der Waals surface area (Å²) in [6, 6.07) is 15.1. The van der Waals surface area contributed by atoms with Crippen LogP contribution in [-0.2, 0) is 4.79 Å². The van der Waals surface area contributed by atoms with Crippen molar-refractivity contribution >= 4 is 46.2 Å². The monoisotopic (exact) mass is 470 g/mol. The molecular weight excluding hydrogens is 444 g/mol. The van der Waals surface area contributed by atoms with E-state index >= 15 is 0 Å². The van der Waals surface area contributed by atoms with E-state index in [1.54, 1.807) is 18.0 Å². The number of nitrogens with one attached hydrogen (secondary N) is 2. The van der Waals surface area contributed by atoms with Gasteiger partial charge >= 0.3 is 0 Å². The number of thiocarbonyl (C=S) groups is 1. The number of halogens is 1. The minimum atomic E-state index is -0.891. The minimum absolute atomic E-state index is 0.158. The van der Waals surface area contributed by atoms with Crippen LogP contribution in [0.5, 0.6) is 0 Å². The number of aliphatic imine (C=N–C) groups is 1. The van der Waals surface area contributed by atoms with Crippen LogP contribution in [0.15, 0.2) is 53.5 Å². The van der Waals surface area contributed by atoms with E-state index in [4.69, 9.17) is 28.8 Å². The Morgan fingerprint density at radius 3 is 2.72 bits per heavy atom. The third kappa shape index (κ3) is 4.95. The summed E-state index contributed by atoms with van der Waals surface area (Å²) in [5.41, 5.74) is 3.07. The number of benzodiazepines with no additional fused rings is 1. The largest absolute Gasteiger partial charge is 0.393 e. The number of aliphatic hydroxyl groups excluding tert-OH is 1. The lowest BCUT2D eigenvalue weighted by Gasteiger charge is -2.28. The van der Waals surface area contributed by atoms with Crippen molar-refractivity contribution in [1.82, 2.24) is 10.6 Å². The lowest BCUT2D eigenvalue weighted by atomic mass is 9.86. The van der Waals surface area contributed by atoms with Crippen molar-refractivity contribution in [3.05, 3.63) is 64.7 Å². The van der Waals surface area contributed by atoms with Gasteiger partial charge in [0.15, 0.2) is 5.11 Å². The van der Waals surface area contributed by atoms with Crippen molar-refractivity contribution in [1.29, 1.82) is 0 Å². The molecule has 32 heavy (non-hydrogen) atoms. The number of likely N-dealkylation sites (N-methyl/N-ethyl adjacent to an activating group) is 1. The Labute approximate surface area is 198 Å². The number of hydrogen-bond donors (Lipinski definition) is 3. The molecular formula is C24H27ClN4O2S. The molecule has 1 fully saturated rings. The zero-order valence-corrected chi connectivity index (χ0v) is 19.5. The first kappa shape index (κ1) is 22.7. The summed E-state index contributed by atoms with van der Waals surface area (Å²) >= 11 is 11.8. The summed E-state index contributed by atoms with van der Waals surface area (Å²) in [4.78, 5) is 19.6. The zero-order valence-electron chi connectivity index (χ0n) is 17.9. The van der Waals surface area contributed by atoms with E-state index in [1.807, 2.05) is 42.5 Å². The molecule has 3 atom stereocenters. The van der Waals surface area contributed by atoms with Crippen molar-refractivity contribution in [2.24, 2.45) is 10.9 Å². The molecule has 1 amide bonds. The highest BCUT2D eigenvalue weighted by molar-refractivity contribution is 7.80.